The molecule has 14 rings (SSSR count). The first-order chi connectivity index (χ1) is 32.2. The van der Waals surface area contributed by atoms with Crippen LogP contribution in [0, 0.1) is 0 Å². The van der Waals surface area contributed by atoms with E-state index >= 15 is 0 Å². The second-order valence-corrected chi connectivity index (χ2v) is 19.1. The van der Waals surface area contributed by atoms with Crippen molar-refractivity contribution in [1.29, 1.82) is 0 Å². The molecular formula is C60H35N3S2. The summed E-state index contributed by atoms with van der Waals surface area (Å²) in [6.07, 6.45) is 0. The summed E-state index contributed by atoms with van der Waals surface area (Å²) in [6.45, 7) is 0. The smallest absolute Gasteiger partial charge is 0.160 e. The van der Waals surface area contributed by atoms with E-state index < -0.39 is 5.41 Å². The molecule has 0 radical (unpaired) electrons. The van der Waals surface area contributed by atoms with Crippen molar-refractivity contribution in [2.75, 3.05) is 0 Å². The summed E-state index contributed by atoms with van der Waals surface area (Å²) in [5.74, 6) is 0.698. The molecule has 0 saturated heterocycles. The topological polar surface area (TPSA) is 38.7 Å². The highest BCUT2D eigenvalue weighted by atomic mass is 32.2. The van der Waals surface area contributed by atoms with Gasteiger partial charge in [-0.15, -0.1) is 11.3 Å². The minimum absolute atomic E-state index is 0.502. The van der Waals surface area contributed by atoms with Crippen LogP contribution in [0.25, 0.3) is 98.1 Å². The summed E-state index contributed by atoms with van der Waals surface area (Å²) in [5.41, 5.74) is 15.2. The van der Waals surface area contributed by atoms with E-state index in [9.17, 15) is 0 Å². The van der Waals surface area contributed by atoms with Gasteiger partial charge in [0.1, 0.15) is 0 Å². The van der Waals surface area contributed by atoms with Gasteiger partial charge in [-0.25, -0.2) is 15.0 Å². The molecule has 5 heteroatoms. The second-order valence-electron chi connectivity index (χ2n) is 17.0. The van der Waals surface area contributed by atoms with Gasteiger partial charge in [0, 0.05) is 63.0 Å². The molecule has 12 aromatic rings. The van der Waals surface area contributed by atoms with Gasteiger partial charge in [0.15, 0.2) is 5.82 Å². The van der Waals surface area contributed by atoms with Gasteiger partial charge in [-0.3, -0.25) is 0 Å². The second kappa shape index (κ2) is 14.2. The lowest BCUT2D eigenvalue weighted by Crippen LogP contribution is -2.31. The Morgan fingerprint density at radius 2 is 1.00 bits per heavy atom. The average Bonchev–Trinajstić information content (AvgIpc) is 3.89. The number of nitrogens with zero attached hydrogens (tertiary/aromatic N) is 3. The van der Waals surface area contributed by atoms with Crippen molar-refractivity contribution in [3.63, 3.8) is 0 Å². The van der Waals surface area contributed by atoms with Crippen LogP contribution < -0.4 is 0 Å². The minimum atomic E-state index is -0.502. The Hall–Kier alpha value is -7.70. The lowest BCUT2D eigenvalue weighted by atomic mass is 9.67. The predicted molar refractivity (Wildman–Crippen MR) is 271 cm³/mol. The molecule has 0 saturated carbocycles. The van der Waals surface area contributed by atoms with Crippen LogP contribution in [0.1, 0.15) is 22.3 Å². The normalized spacial score (nSPS) is 13.3. The molecule has 65 heavy (non-hydrogen) atoms. The van der Waals surface area contributed by atoms with Crippen LogP contribution in [0.3, 0.4) is 0 Å². The summed E-state index contributed by atoms with van der Waals surface area (Å²) < 4.78 is 2.50. The largest absolute Gasteiger partial charge is 0.247 e. The van der Waals surface area contributed by atoms with Gasteiger partial charge in [0.05, 0.1) is 28.0 Å². The summed E-state index contributed by atoms with van der Waals surface area (Å²) in [4.78, 5) is 18.8. The maximum absolute atomic E-state index is 5.52. The number of pyridine rings is 1. The summed E-state index contributed by atoms with van der Waals surface area (Å²) in [6, 6.07) is 77.2. The fraction of sp³-hybridized carbons (Fsp3) is 0.0167. The minimum Gasteiger partial charge on any atom is -0.247 e. The van der Waals surface area contributed by atoms with Crippen molar-refractivity contribution in [2.45, 2.75) is 15.2 Å². The van der Waals surface area contributed by atoms with Crippen molar-refractivity contribution >= 4 is 64.9 Å². The molecule has 0 fully saturated rings. The van der Waals surface area contributed by atoms with Gasteiger partial charge >= 0.3 is 0 Å². The number of rotatable bonds is 4. The average molecular weight is 862 g/mol. The molecule has 0 bridgehead atoms. The highest BCUT2D eigenvalue weighted by molar-refractivity contribution is 7.99. The monoisotopic (exact) mass is 861 g/mol. The van der Waals surface area contributed by atoms with E-state index in [1.807, 2.05) is 29.2 Å². The summed E-state index contributed by atoms with van der Waals surface area (Å²) in [5, 5.41) is 5.90. The van der Waals surface area contributed by atoms with Crippen LogP contribution >= 0.6 is 23.1 Å². The van der Waals surface area contributed by atoms with Crippen LogP contribution in [0.2, 0.25) is 0 Å². The van der Waals surface area contributed by atoms with Crippen molar-refractivity contribution < 1.29 is 0 Å². The molecule has 302 valence electrons. The summed E-state index contributed by atoms with van der Waals surface area (Å²) >= 11 is 3.70. The van der Waals surface area contributed by atoms with Crippen molar-refractivity contribution in [1.82, 2.24) is 15.0 Å². The van der Waals surface area contributed by atoms with Crippen LogP contribution in [0.15, 0.2) is 222 Å². The molecule has 3 aromatic heterocycles. The standard InChI is InChI=1S/C60H35N3S2/c1-3-16-36(17-4-1)57-46-33-44-39-20-7-9-24-47(39)60(48-25-10-13-28-55(48)64-56-29-14-11-26-49(56)60)50(44)34-43(46)45-32-38(30-31-51(45)61-57)52-35-53(63-59(62-52)37-18-5-2-6-19-37)42-23-15-22-41-40-21-8-12-27-54(40)65-58(41)42/h1-35H. The van der Waals surface area contributed by atoms with E-state index in [-0.39, 0.29) is 0 Å². The molecule has 4 heterocycles. The van der Waals surface area contributed by atoms with Gasteiger partial charge in [0.2, 0.25) is 0 Å². The van der Waals surface area contributed by atoms with Crippen molar-refractivity contribution in [2.24, 2.45) is 0 Å². The van der Waals surface area contributed by atoms with E-state index in [4.69, 9.17) is 15.0 Å². The quantitative estimate of drug-likeness (QED) is 0.165. The zero-order valence-electron chi connectivity index (χ0n) is 34.9. The predicted octanol–water partition coefficient (Wildman–Crippen LogP) is 16.0. The Kier molecular flexibility index (Phi) is 8.00. The third-order valence-corrected chi connectivity index (χ3v) is 15.9. The lowest BCUT2D eigenvalue weighted by molar-refractivity contribution is 0.723. The molecule has 9 aromatic carbocycles. The third kappa shape index (κ3) is 5.40. The van der Waals surface area contributed by atoms with Gasteiger partial charge in [0.25, 0.3) is 0 Å². The Labute approximate surface area is 383 Å². The zero-order valence-corrected chi connectivity index (χ0v) is 36.5. The Morgan fingerprint density at radius 3 is 1.80 bits per heavy atom. The first-order valence-electron chi connectivity index (χ1n) is 22.0. The lowest BCUT2D eigenvalue weighted by Gasteiger charge is -2.39. The maximum Gasteiger partial charge on any atom is 0.160 e. The summed E-state index contributed by atoms with van der Waals surface area (Å²) in [7, 11) is 0. The molecule has 1 aliphatic heterocycles. The van der Waals surface area contributed by atoms with Gasteiger partial charge < -0.3 is 0 Å². The van der Waals surface area contributed by atoms with E-state index in [0.29, 0.717) is 5.82 Å². The first-order valence-corrected chi connectivity index (χ1v) is 23.6. The SMILES string of the molecule is c1ccc(-c2nc(-c3ccc4nc(-c5ccccc5)c5cc6c(cc5c4c3)C3(c4ccccc4Sc4ccccc43)c3ccccc3-6)cc(-c3cccc4c3sc3ccccc34)n2)cc1. The van der Waals surface area contributed by atoms with Crippen LogP contribution in [0.5, 0.6) is 0 Å². The van der Waals surface area contributed by atoms with E-state index in [0.717, 1.165) is 55.6 Å². The fourth-order valence-corrected chi connectivity index (χ4v) is 13.1. The van der Waals surface area contributed by atoms with Crippen LogP contribution in [0.4, 0.5) is 0 Å². The van der Waals surface area contributed by atoms with Crippen molar-refractivity contribution in [3.8, 4) is 56.3 Å². The third-order valence-electron chi connectivity index (χ3n) is 13.5. The molecule has 0 N–H and O–H groups in total. The van der Waals surface area contributed by atoms with Crippen LogP contribution in [-0.4, -0.2) is 15.0 Å². The molecule has 2 aliphatic rings. The zero-order chi connectivity index (χ0) is 42.6. The van der Waals surface area contributed by atoms with E-state index in [1.165, 1.54) is 68.7 Å². The van der Waals surface area contributed by atoms with Gasteiger partial charge in [-0.05, 0) is 87.3 Å². The molecule has 0 amide bonds. The number of aromatic nitrogens is 3. The molecule has 3 nitrogen and oxygen atoms in total. The van der Waals surface area contributed by atoms with Crippen LogP contribution in [-0.2, 0) is 5.41 Å². The highest BCUT2D eigenvalue weighted by Crippen LogP contribution is 2.63. The Balaban J connectivity index is 1.06. The molecule has 0 atom stereocenters. The number of thiophene rings is 1. The number of fused-ring (bicyclic) bond motifs is 15. The highest BCUT2D eigenvalue weighted by Gasteiger charge is 2.50. The maximum atomic E-state index is 5.52. The van der Waals surface area contributed by atoms with Gasteiger partial charge in [-0.2, -0.15) is 0 Å². The Bertz CT molecular complexity index is 3890. The number of benzene rings is 9. The van der Waals surface area contributed by atoms with E-state index in [1.54, 1.807) is 0 Å². The molecule has 1 aliphatic carbocycles. The number of hydrogen-bond donors (Lipinski definition) is 0. The Morgan fingerprint density at radius 1 is 0.354 bits per heavy atom. The molecule has 1 spiro atoms. The van der Waals surface area contributed by atoms with E-state index in [2.05, 4.69) is 206 Å². The van der Waals surface area contributed by atoms with Crippen molar-refractivity contribution in [3.05, 3.63) is 235 Å². The van der Waals surface area contributed by atoms with Gasteiger partial charge in [-0.1, -0.05) is 176 Å². The number of hydrogen-bond acceptors (Lipinski definition) is 5. The fourth-order valence-electron chi connectivity index (χ4n) is 10.7. The molecule has 0 unspecified atom stereocenters. The molecular weight excluding hydrogens is 827 g/mol. The first kappa shape index (κ1) is 36.8.